The summed E-state index contributed by atoms with van der Waals surface area (Å²) in [4.78, 5) is 30.4. The average Bonchev–Trinajstić information content (AvgIpc) is 3.12. The van der Waals surface area contributed by atoms with Crippen molar-refractivity contribution in [3.63, 3.8) is 0 Å². The summed E-state index contributed by atoms with van der Waals surface area (Å²) in [6.07, 6.45) is 1.44. The molecular weight excluding hydrogens is 382 g/mol. The summed E-state index contributed by atoms with van der Waals surface area (Å²) in [5.74, 6) is 0.0195. The van der Waals surface area contributed by atoms with Gasteiger partial charge in [0.25, 0.3) is 10.0 Å². The Morgan fingerprint density at radius 1 is 1.36 bits per heavy atom. The Morgan fingerprint density at radius 2 is 2.14 bits per heavy atom. The van der Waals surface area contributed by atoms with Crippen molar-refractivity contribution in [1.29, 1.82) is 0 Å². The van der Waals surface area contributed by atoms with Crippen LogP contribution < -0.4 is 15.4 Å². The van der Waals surface area contributed by atoms with Crippen molar-refractivity contribution in [2.24, 2.45) is 4.99 Å². The molecule has 1 saturated heterocycles. The van der Waals surface area contributed by atoms with E-state index in [1.54, 1.807) is 30.9 Å². The lowest BCUT2D eigenvalue weighted by atomic mass is 9.99. The Labute approximate surface area is 164 Å². The van der Waals surface area contributed by atoms with E-state index in [2.05, 4.69) is 20.3 Å². The van der Waals surface area contributed by atoms with Crippen LogP contribution in [0, 0.1) is 0 Å². The van der Waals surface area contributed by atoms with Gasteiger partial charge < -0.3 is 10.6 Å². The quantitative estimate of drug-likeness (QED) is 0.649. The molecule has 0 aliphatic carbocycles. The van der Waals surface area contributed by atoms with Crippen molar-refractivity contribution in [2.75, 3.05) is 31.5 Å². The van der Waals surface area contributed by atoms with Gasteiger partial charge in [0.05, 0.1) is 17.0 Å². The normalized spacial score (nSPS) is 19.6. The van der Waals surface area contributed by atoms with Crippen molar-refractivity contribution in [3.05, 3.63) is 24.3 Å². The van der Waals surface area contributed by atoms with Crippen molar-refractivity contribution >= 4 is 33.4 Å². The molecule has 1 aromatic carbocycles. The van der Waals surface area contributed by atoms with Gasteiger partial charge in [-0.3, -0.25) is 24.2 Å². The Balaban J connectivity index is 1.67. The van der Waals surface area contributed by atoms with Crippen LogP contribution in [-0.2, 0) is 19.6 Å². The molecule has 152 valence electrons. The van der Waals surface area contributed by atoms with Gasteiger partial charge in [0.2, 0.25) is 11.8 Å². The first-order valence-corrected chi connectivity index (χ1v) is 10.7. The van der Waals surface area contributed by atoms with Crippen LogP contribution in [0.5, 0.6) is 0 Å². The maximum Gasteiger partial charge on any atom is 0.262 e. The van der Waals surface area contributed by atoms with E-state index in [4.69, 9.17) is 0 Å². The summed E-state index contributed by atoms with van der Waals surface area (Å²) in [7, 11) is -3.75. The lowest BCUT2D eigenvalue weighted by molar-refractivity contribution is -0.136. The molecular formula is C18H25N5O4S. The van der Waals surface area contributed by atoms with Crippen molar-refractivity contribution < 1.29 is 18.0 Å². The fourth-order valence-electron chi connectivity index (χ4n) is 3.17. The Morgan fingerprint density at radius 3 is 2.86 bits per heavy atom. The first-order chi connectivity index (χ1) is 13.2. The highest BCUT2D eigenvalue weighted by molar-refractivity contribution is 7.90. The zero-order valence-corrected chi connectivity index (χ0v) is 16.8. The van der Waals surface area contributed by atoms with Gasteiger partial charge >= 0.3 is 0 Å². The summed E-state index contributed by atoms with van der Waals surface area (Å²) >= 11 is 0. The summed E-state index contributed by atoms with van der Waals surface area (Å²) in [6, 6.07) is 6.06. The van der Waals surface area contributed by atoms with E-state index in [0.717, 1.165) is 6.42 Å². The SMILES string of the molecule is CC1(C)C(=O)NCCN1CC(=O)Nc1cccc(S(=O)(=O)NC2=NCCC2)c1. The van der Waals surface area contributed by atoms with E-state index in [1.807, 2.05) is 0 Å². The van der Waals surface area contributed by atoms with Crippen LogP contribution in [0.3, 0.4) is 0 Å². The number of amides is 2. The number of amidine groups is 1. The van der Waals surface area contributed by atoms with E-state index in [0.29, 0.717) is 37.6 Å². The number of nitrogens with zero attached hydrogens (tertiary/aromatic N) is 2. The molecule has 0 radical (unpaired) electrons. The van der Waals surface area contributed by atoms with Crippen LogP contribution in [0.4, 0.5) is 5.69 Å². The molecule has 28 heavy (non-hydrogen) atoms. The van der Waals surface area contributed by atoms with Gasteiger partial charge in [-0.05, 0) is 38.5 Å². The minimum atomic E-state index is -3.75. The van der Waals surface area contributed by atoms with E-state index in [-0.39, 0.29) is 23.3 Å². The molecule has 0 spiro atoms. The molecule has 0 saturated carbocycles. The van der Waals surface area contributed by atoms with E-state index in [9.17, 15) is 18.0 Å². The third kappa shape index (κ3) is 4.50. The number of benzene rings is 1. The molecule has 0 unspecified atom stereocenters. The summed E-state index contributed by atoms with van der Waals surface area (Å²) < 4.78 is 27.5. The molecule has 10 heteroatoms. The fraction of sp³-hybridized carbons (Fsp3) is 0.500. The summed E-state index contributed by atoms with van der Waals surface area (Å²) in [6.45, 7) is 5.23. The number of sulfonamides is 1. The van der Waals surface area contributed by atoms with Crippen LogP contribution in [0.2, 0.25) is 0 Å². The van der Waals surface area contributed by atoms with Crippen LogP contribution in [0.25, 0.3) is 0 Å². The number of rotatable bonds is 5. The molecule has 9 nitrogen and oxygen atoms in total. The Kier molecular flexibility index (Phi) is 5.71. The van der Waals surface area contributed by atoms with Gasteiger partial charge in [-0.25, -0.2) is 8.42 Å². The van der Waals surface area contributed by atoms with Gasteiger partial charge in [-0.15, -0.1) is 0 Å². The number of carbonyl (C=O) groups excluding carboxylic acids is 2. The third-order valence-electron chi connectivity index (χ3n) is 4.90. The lowest BCUT2D eigenvalue weighted by Gasteiger charge is -2.40. The number of hydrogen-bond acceptors (Lipinski definition) is 6. The predicted octanol–water partition coefficient (Wildman–Crippen LogP) is 0.306. The number of anilines is 1. The fourth-order valence-corrected chi connectivity index (χ4v) is 4.31. The van der Waals surface area contributed by atoms with Gasteiger partial charge in [0.1, 0.15) is 5.84 Å². The van der Waals surface area contributed by atoms with Crippen LogP contribution in [0.15, 0.2) is 34.2 Å². The van der Waals surface area contributed by atoms with Crippen molar-refractivity contribution in [3.8, 4) is 0 Å². The molecule has 2 amide bonds. The maximum atomic E-state index is 12.5. The highest BCUT2D eigenvalue weighted by Gasteiger charge is 2.38. The largest absolute Gasteiger partial charge is 0.353 e. The minimum Gasteiger partial charge on any atom is -0.353 e. The van der Waals surface area contributed by atoms with E-state index in [1.165, 1.54) is 12.1 Å². The topological polar surface area (TPSA) is 120 Å². The molecule has 2 heterocycles. The van der Waals surface area contributed by atoms with Gasteiger partial charge in [-0.2, -0.15) is 0 Å². The van der Waals surface area contributed by atoms with Gasteiger partial charge in [0, 0.05) is 31.7 Å². The van der Waals surface area contributed by atoms with Gasteiger partial charge in [0.15, 0.2) is 0 Å². The average molecular weight is 407 g/mol. The molecule has 0 atom stereocenters. The van der Waals surface area contributed by atoms with E-state index >= 15 is 0 Å². The maximum absolute atomic E-state index is 12.5. The van der Waals surface area contributed by atoms with Crippen molar-refractivity contribution in [1.82, 2.24) is 14.9 Å². The number of aliphatic imine (C=N–C) groups is 1. The Bertz CT molecular complexity index is 910. The zero-order chi connectivity index (χ0) is 20.4. The zero-order valence-electron chi connectivity index (χ0n) is 16.0. The smallest absolute Gasteiger partial charge is 0.262 e. The van der Waals surface area contributed by atoms with Gasteiger partial charge in [-0.1, -0.05) is 6.07 Å². The second-order valence-corrected chi connectivity index (χ2v) is 9.03. The number of nitrogens with one attached hydrogen (secondary N) is 3. The van der Waals surface area contributed by atoms with E-state index < -0.39 is 15.6 Å². The molecule has 3 rings (SSSR count). The first kappa shape index (κ1) is 20.3. The second kappa shape index (κ2) is 7.88. The molecule has 3 N–H and O–H groups in total. The highest BCUT2D eigenvalue weighted by Crippen LogP contribution is 2.19. The Hall–Kier alpha value is -2.46. The summed E-state index contributed by atoms with van der Waals surface area (Å²) in [5.41, 5.74) is -0.410. The molecule has 0 bridgehead atoms. The first-order valence-electron chi connectivity index (χ1n) is 9.18. The molecule has 1 aromatic rings. The molecule has 2 aliphatic heterocycles. The standard InChI is InChI=1S/C18H25N5O4S/c1-18(2)17(25)20-9-10-23(18)12-16(24)21-13-5-3-6-14(11-13)28(26,27)22-15-7-4-8-19-15/h3,5-6,11H,4,7-10,12H2,1-2H3,(H,19,22)(H,20,25)(H,21,24). The minimum absolute atomic E-state index is 0.0342. The lowest BCUT2D eigenvalue weighted by Crippen LogP contribution is -2.62. The van der Waals surface area contributed by atoms with Crippen LogP contribution >= 0.6 is 0 Å². The predicted molar refractivity (Wildman–Crippen MR) is 106 cm³/mol. The van der Waals surface area contributed by atoms with Crippen LogP contribution in [0.1, 0.15) is 26.7 Å². The summed E-state index contributed by atoms with van der Waals surface area (Å²) in [5, 5.41) is 5.50. The van der Waals surface area contributed by atoms with Crippen molar-refractivity contribution in [2.45, 2.75) is 37.1 Å². The number of hydrogen-bond donors (Lipinski definition) is 3. The molecule has 0 aromatic heterocycles. The number of carbonyl (C=O) groups is 2. The molecule has 2 aliphatic rings. The third-order valence-corrected chi connectivity index (χ3v) is 6.28. The highest BCUT2D eigenvalue weighted by atomic mass is 32.2. The number of piperazine rings is 1. The second-order valence-electron chi connectivity index (χ2n) is 7.35. The monoisotopic (exact) mass is 407 g/mol. The van der Waals surface area contributed by atoms with Crippen LogP contribution in [-0.4, -0.2) is 62.7 Å². The molecule has 1 fully saturated rings.